The summed E-state index contributed by atoms with van der Waals surface area (Å²) >= 11 is 0. The van der Waals surface area contributed by atoms with Crippen molar-refractivity contribution in [1.29, 1.82) is 0 Å². The predicted octanol–water partition coefficient (Wildman–Crippen LogP) is 4.36. The number of amides is 1. The lowest BCUT2D eigenvalue weighted by atomic mass is 9.94. The summed E-state index contributed by atoms with van der Waals surface area (Å²) < 4.78 is 22.8. The first-order chi connectivity index (χ1) is 15.2. The van der Waals surface area contributed by atoms with Crippen LogP contribution in [0.3, 0.4) is 0 Å². The van der Waals surface area contributed by atoms with Crippen molar-refractivity contribution in [1.82, 2.24) is 5.32 Å². The van der Waals surface area contributed by atoms with Crippen LogP contribution in [0, 0.1) is 5.41 Å². The molecule has 1 aliphatic heterocycles. The smallest absolute Gasteiger partial charge is 0.315 e. The van der Waals surface area contributed by atoms with Gasteiger partial charge >= 0.3 is 5.97 Å². The highest BCUT2D eigenvalue weighted by atomic mass is 16.6. The molecule has 1 atom stereocenters. The number of hydrogen-bond acceptors (Lipinski definition) is 6. The number of benzene rings is 2. The topological polar surface area (TPSA) is 83.1 Å². The van der Waals surface area contributed by atoms with Crippen molar-refractivity contribution < 1.29 is 28.5 Å². The summed E-state index contributed by atoms with van der Waals surface area (Å²) in [4.78, 5) is 24.6. The predicted molar refractivity (Wildman–Crippen MR) is 121 cm³/mol. The van der Waals surface area contributed by atoms with E-state index in [-0.39, 0.29) is 24.6 Å². The van der Waals surface area contributed by atoms with Gasteiger partial charge < -0.3 is 24.3 Å². The number of methoxy groups -OCH3 is 2. The molecule has 1 heterocycles. The number of carbonyl (C=O) groups excluding carboxylic acids is 2. The minimum atomic E-state index is -0.872. The van der Waals surface area contributed by atoms with Gasteiger partial charge in [0.2, 0.25) is 5.75 Å². The Morgan fingerprint density at radius 1 is 1.09 bits per heavy atom. The highest BCUT2D eigenvalue weighted by Crippen LogP contribution is 2.45. The molecule has 2 aromatic rings. The fraction of sp³-hybridized carbons (Fsp3) is 0.440. The Kier molecular flexibility index (Phi) is 6.96. The van der Waals surface area contributed by atoms with Gasteiger partial charge in [0.25, 0.3) is 5.91 Å². The zero-order valence-electron chi connectivity index (χ0n) is 19.5. The zero-order chi connectivity index (χ0) is 23.5. The summed E-state index contributed by atoms with van der Waals surface area (Å²) in [6, 6.07) is 9.33. The summed E-state index contributed by atoms with van der Waals surface area (Å²) in [5.74, 6) is 1.03. The minimum absolute atomic E-state index is 0.0723. The van der Waals surface area contributed by atoms with Gasteiger partial charge in [0.1, 0.15) is 6.61 Å². The first-order valence-corrected chi connectivity index (χ1v) is 10.7. The van der Waals surface area contributed by atoms with E-state index in [1.54, 1.807) is 40.2 Å². The maximum absolute atomic E-state index is 12.6. The number of rotatable bonds is 9. The van der Waals surface area contributed by atoms with Crippen LogP contribution in [0.4, 0.5) is 0 Å². The number of esters is 1. The quantitative estimate of drug-likeness (QED) is 0.582. The molecule has 0 fully saturated rings. The zero-order valence-corrected chi connectivity index (χ0v) is 19.5. The van der Waals surface area contributed by atoms with Crippen molar-refractivity contribution in [2.24, 2.45) is 5.41 Å². The van der Waals surface area contributed by atoms with Crippen LogP contribution in [0.2, 0.25) is 0 Å². The van der Waals surface area contributed by atoms with Gasteiger partial charge in [-0.05, 0) is 62.6 Å². The highest BCUT2D eigenvalue weighted by molar-refractivity contribution is 5.99. The molecule has 32 heavy (non-hydrogen) atoms. The highest BCUT2D eigenvalue weighted by Gasteiger charge is 2.33. The number of nitrogens with one attached hydrogen (secondary N) is 1. The van der Waals surface area contributed by atoms with Crippen molar-refractivity contribution in [2.75, 3.05) is 20.8 Å². The third kappa shape index (κ3) is 4.66. The number of carbonyl (C=O) groups is 2. The first kappa shape index (κ1) is 23.4. The number of ether oxygens (including phenoxy) is 4. The van der Waals surface area contributed by atoms with Crippen LogP contribution >= 0.6 is 0 Å². The van der Waals surface area contributed by atoms with Gasteiger partial charge in [0.05, 0.1) is 25.7 Å². The van der Waals surface area contributed by atoms with E-state index in [0.29, 0.717) is 29.4 Å². The molecule has 0 radical (unpaired) electrons. The molecule has 3 rings (SSSR count). The van der Waals surface area contributed by atoms with E-state index in [0.717, 1.165) is 23.1 Å². The molecule has 7 heteroatoms. The third-order valence-corrected chi connectivity index (χ3v) is 5.61. The molecule has 0 saturated carbocycles. The summed E-state index contributed by atoms with van der Waals surface area (Å²) in [6.45, 7) is 7.98. The third-order valence-electron chi connectivity index (χ3n) is 5.61. The average Bonchev–Trinajstić information content (AvgIpc) is 3.16. The van der Waals surface area contributed by atoms with Crippen molar-refractivity contribution in [3.05, 3.63) is 41.5 Å². The summed E-state index contributed by atoms with van der Waals surface area (Å²) in [6.07, 6.45) is 0.582. The van der Waals surface area contributed by atoms with Crippen molar-refractivity contribution in [3.8, 4) is 28.4 Å². The Morgan fingerprint density at radius 3 is 2.47 bits per heavy atom. The van der Waals surface area contributed by atoms with E-state index >= 15 is 0 Å². The van der Waals surface area contributed by atoms with Gasteiger partial charge in [-0.25, -0.2) is 0 Å². The van der Waals surface area contributed by atoms with Gasteiger partial charge in [0.15, 0.2) is 11.5 Å². The molecule has 7 nitrogen and oxygen atoms in total. The van der Waals surface area contributed by atoms with Crippen LogP contribution in [0.5, 0.6) is 17.2 Å². The van der Waals surface area contributed by atoms with Crippen molar-refractivity contribution >= 4 is 11.9 Å². The second-order valence-corrected chi connectivity index (χ2v) is 8.53. The Labute approximate surface area is 189 Å². The van der Waals surface area contributed by atoms with E-state index < -0.39 is 5.41 Å². The van der Waals surface area contributed by atoms with Gasteiger partial charge in [0, 0.05) is 17.7 Å². The summed E-state index contributed by atoms with van der Waals surface area (Å²) in [5.41, 5.74) is 2.37. The van der Waals surface area contributed by atoms with Crippen molar-refractivity contribution in [2.45, 2.75) is 46.8 Å². The fourth-order valence-corrected chi connectivity index (χ4v) is 3.41. The van der Waals surface area contributed by atoms with Crippen LogP contribution in [0.1, 0.15) is 50.0 Å². The molecule has 1 amide bonds. The Morgan fingerprint density at radius 2 is 1.81 bits per heavy atom. The van der Waals surface area contributed by atoms with Crippen molar-refractivity contribution in [3.63, 3.8) is 0 Å². The second kappa shape index (κ2) is 9.51. The first-order valence-electron chi connectivity index (χ1n) is 10.7. The van der Waals surface area contributed by atoms with Crippen LogP contribution in [0.25, 0.3) is 11.1 Å². The molecule has 1 N–H and O–H groups in total. The van der Waals surface area contributed by atoms with E-state index in [9.17, 15) is 9.59 Å². The standard InChI is InChI=1S/C25H31NO6/c1-7-15(2)32-24(28)25(3,4)14-31-21-18(10-11-20(29-5)22(21)30-6)16-8-9-19-17(12-16)13-26-23(19)27/h8-12,15H,7,13-14H2,1-6H3,(H,26,27)/t15-/m0/s1. The molecule has 0 aromatic heterocycles. The van der Waals surface area contributed by atoms with E-state index in [2.05, 4.69) is 5.32 Å². The van der Waals surface area contributed by atoms with Gasteiger partial charge in [-0.1, -0.05) is 13.0 Å². The Bertz CT molecular complexity index is 1010. The monoisotopic (exact) mass is 441 g/mol. The molecule has 0 bridgehead atoms. The lowest BCUT2D eigenvalue weighted by Crippen LogP contribution is -2.34. The van der Waals surface area contributed by atoms with Crippen LogP contribution in [-0.2, 0) is 16.1 Å². The summed E-state index contributed by atoms with van der Waals surface area (Å²) in [5, 5.41) is 2.83. The van der Waals surface area contributed by atoms with Crippen LogP contribution in [-0.4, -0.2) is 38.8 Å². The van der Waals surface area contributed by atoms with Gasteiger partial charge in [-0.15, -0.1) is 0 Å². The van der Waals surface area contributed by atoms with E-state index in [1.807, 2.05) is 32.0 Å². The maximum atomic E-state index is 12.6. The summed E-state index contributed by atoms with van der Waals surface area (Å²) in [7, 11) is 3.10. The second-order valence-electron chi connectivity index (χ2n) is 8.53. The molecule has 0 spiro atoms. The van der Waals surface area contributed by atoms with Gasteiger partial charge in [-0.2, -0.15) is 0 Å². The molecule has 0 aliphatic carbocycles. The average molecular weight is 442 g/mol. The molecule has 0 saturated heterocycles. The molecule has 0 unspecified atom stereocenters. The Hall–Kier alpha value is -3.22. The normalized spacial score (nSPS) is 13.8. The molecular weight excluding hydrogens is 410 g/mol. The fourth-order valence-electron chi connectivity index (χ4n) is 3.41. The molecular formula is C25H31NO6. The SMILES string of the molecule is CC[C@H](C)OC(=O)C(C)(C)COc1c(-c2ccc3c(c2)CNC3=O)ccc(OC)c1OC. The largest absolute Gasteiger partial charge is 0.493 e. The molecule has 1 aliphatic rings. The molecule has 172 valence electrons. The van der Waals surface area contributed by atoms with Crippen LogP contribution < -0.4 is 19.5 Å². The number of hydrogen-bond donors (Lipinski definition) is 1. The Balaban J connectivity index is 1.97. The van der Waals surface area contributed by atoms with Crippen LogP contribution in [0.15, 0.2) is 30.3 Å². The lowest BCUT2D eigenvalue weighted by molar-refractivity contribution is -0.160. The number of fused-ring (bicyclic) bond motifs is 1. The van der Waals surface area contributed by atoms with E-state index in [4.69, 9.17) is 18.9 Å². The molecule has 2 aromatic carbocycles. The van der Waals surface area contributed by atoms with Gasteiger partial charge in [-0.3, -0.25) is 9.59 Å². The minimum Gasteiger partial charge on any atom is -0.493 e. The maximum Gasteiger partial charge on any atom is 0.315 e. The van der Waals surface area contributed by atoms with E-state index in [1.165, 1.54) is 0 Å². The lowest BCUT2D eigenvalue weighted by Gasteiger charge is -2.26.